The highest BCUT2D eigenvalue weighted by Crippen LogP contribution is 2.36. The Morgan fingerprint density at radius 3 is 2.81 bits per heavy atom. The highest BCUT2D eigenvalue weighted by molar-refractivity contribution is 9.10. The number of ether oxygens (including phenoxy) is 1. The lowest BCUT2D eigenvalue weighted by atomic mass is 10.2. The van der Waals surface area contributed by atoms with Crippen molar-refractivity contribution in [1.82, 2.24) is 15.0 Å². The molecule has 1 aliphatic rings. The number of fused-ring (bicyclic) bond motifs is 2. The van der Waals surface area contributed by atoms with Gasteiger partial charge in [-0.2, -0.15) is 0 Å². The number of benzene rings is 2. The number of anilines is 2. The van der Waals surface area contributed by atoms with Gasteiger partial charge in [0.15, 0.2) is 0 Å². The molecular formula is C20H15BrN4OS. The van der Waals surface area contributed by atoms with Crippen molar-refractivity contribution in [2.45, 2.75) is 18.9 Å². The van der Waals surface area contributed by atoms with E-state index in [1.54, 1.807) is 17.7 Å². The average molecular weight is 439 g/mol. The third kappa shape index (κ3) is 3.28. The van der Waals surface area contributed by atoms with Crippen molar-refractivity contribution < 1.29 is 4.74 Å². The van der Waals surface area contributed by atoms with Crippen LogP contribution >= 0.6 is 27.3 Å². The average Bonchev–Trinajstić information content (AvgIpc) is 3.32. The van der Waals surface area contributed by atoms with Crippen LogP contribution < -0.4 is 10.1 Å². The van der Waals surface area contributed by atoms with E-state index in [0.717, 1.165) is 55.7 Å². The normalized spacial score (nSPS) is 14.3. The first kappa shape index (κ1) is 16.6. The van der Waals surface area contributed by atoms with Gasteiger partial charge in [-0.05, 0) is 30.3 Å². The molecule has 0 atom stereocenters. The van der Waals surface area contributed by atoms with E-state index in [0.29, 0.717) is 0 Å². The quantitative estimate of drug-likeness (QED) is 0.405. The monoisotopic (exact) mass is 438 g/mol. The second-order valence-electron chi connectivity index (χ2n) is 6.36. The summed E-state index contributed by atoms with van der Waals surface area (Å²) in [5.74, 6) is 1.52. The summed E-state index contributed by atoms with van der Waals surface area (Å²) < 4.78 is 8.36. The molecule has 5 nitrogen and oxygen atoms in total. The van der Waals surface area contributed by atoms with E-state index in [9.17, 15) is 0 Å². The van der Waals surface area contributed by atoms with Crippen LogP contribution in [0.5, 0.6) is 5.75 Å². The lowest BCUT2D eigenvalue weighted by molar-refractivity contribution is 0.219. The van der Waals surface area contributed by atoms with Crippen LogP contribution in [0.3, 0.4) is 0 Å². The predicted molar refractivity (Wildman–Crippen MR) is 113 cm³/mol. The third-order valence-corrected chi connectivity index (χ3v) is 5.77. The highest BCUT2D eigenvalue weighted by Gasteiger charge is 2.17. The number of rotatable bonds is 4. The first-order chi connectivity index (χ1) is 13.3. The van der Waals surface area contributed by atoms with Crippen molar-refractivity contribution in [3.63, 3.8) is 0 Å². The zero-order chi connectivity index (χ0) is 18.2. The molecule has 5 rings (SSSR count). The second kappa shape index (κ2) is 6.90. The predicted octanol–water partition coefficient (Wildman–Crippen LogP) is 5.84. The summed E-state index contributed by atoms with van der Waals surface area (Å²) >= 11 is 5.19. The Morgan fingerprint density at radius 2 is 1.93 bits per heavy atom. The Morgan fingerprint density at radius 1 is 1.04 bits per heavy atom. The zero-order valence-corrected chi connectivity index (χ0v) is 16.6. The van der Waals surface area contributed by atoms with Crippen molar-refractivity contribution in [2.24, 2.45) is 0 Å². The van der Waals surface area contributed by atoms with Gasteiger partial charge in [0.2, 0.25) is 0 Å². The molecule has 0 unspecified atom stereocenters. The molecule has 0 fully saturated rings. The summed E-state index contributed by atoms with van der Waals surface area (Å²) in [6.07, 6.45) is 7.89. The SMILES string of the molecule is Brc1cc(OC2CC=CC2)c2c(Nc3ccc4ncsc4c3)ncnc2c1. The van der Waals surface area contributed by atoms with E-state index >= 15 is 0 Å². The van der Waals surface area contributed by atoms with E-state index in [1.165, 1.54) is 0 Å². The summed E-state index contributed by atoms with van der Waals surface area (Å²) in [7, 11) is 0. The van der Waals surface area contributed by atoms with Gasteiger partial charge in [-0.15, -0.1) is 11.3 Å². The molecule has 0 saturated heterocycles. The second-order valence-corrected chi connectivity index (χ2v) is 8.16. The van der Waals surface area contributed by atoms with Gasteiger partial charge in [-0.25, -0.2) is 15.0 Å². The van der Waals surface area contributed by atoms with Crippen LogP contribution in [0.2, 0.25) is 0 Å². The first-order valence-corrected chi connectivity index (χ1v) is 10.3. The Hall–Kier alpha value is -2.51. The summed E-state index contributed by atoms with van der Waals surface area (Å²) in [4.78, 5) is 13.3. The van der Waals surface area contributed by atoms with Crippen LogP contribution in [0.25, 0.3) is 21.1 Å². The molecule has 27 heavy (non-hydrogen) atoms. The minimum absolute atomic E-state index is 0.157. The number of hydrogen-bond acceptors (Lipinski definition) is 6. The minimum atomic E-state index is 0.157. The molecule has 0 saturated carbocycles. The van der Waals surface area contributed by atoms with Gasteiger partial charge in [0.1, 0.15) is 24.0 Å². The molecule has 2 heterocycles. The van der Waals surface area contributed by atoms with Crippen LogP contribution in [0.1, 0.15) is 12.8 Å². The number of thiazole rings is 1. The fraction of sp³-hybridized carbons (Fsp3) is 0.150. The molecule has 2 aromatic heterocycles. The van der Waals surface area contributed by atoms with E-state index in [-0.39, 0.29) is 6.10 Å². The van der Waals surface area contributed by atoms with E-state index in [1.807, 2.05) is 29.8 Å². The molecule has 0 bridgehead atoms. The number of aromatic nitrogens is 3. The maximum atomic E-state index is 6.29. The minimum Gasteiger partial charge on any atom is -0.489 e. The molecule has 2 aromatic carbocycles. The Labute approximate surface area is 168 Å². The van der Waals surface area contributed by atoms with E-state index < -0.39 is 0 Å². The number of hydrogen-bond donors (Lipinski definition) is 1. The van der Waals surface area contributed by atoms with Gasteiger partial charge in [-0.1, -0.05) is 28.1 Å². The molecule has 0 spiro atoms. The summed E-state index contributed by atoms with van der Waals surface area (Å²) in [6.45, 7) is 0. The smallest absolute Gasteiger partial charge is 0.145 e. The number of halogens is 1. The lowest BCUT2D eigenvalue weighted by Crippen LogP contribution is -2.12. The van der Waals surface area contributed by atoms with Gasteiger partial charge in [0.05, 0.1) is 26.6 Å². The van der Waals surface area contributed by atoms with Crippen molar-refractivity contribution >= 4 is 59.9 Å². The van der Waals surface area contributed by atoms with Crippen LogP contribution in [0.4, 0.5) is 11.5 Å². The Kier molecular flexibility index (Phi) is 4.26. The van der Waals surface area contributed by atoms with Crippen LogP contribution in [-0.2, 0) is 0 Å². The van der Waals surface area contributed by atoms with Crippen molar-refractivity contribution in [3.05, 3.63) is 58.8 Å². The Balaban J connectivity index is 1.58. The fourth-order valence-electron chi connectivity index (χ4n) is 3.25. The van der Waals surface area contributed by atoms with Crippen molar-refractivity contribution in [3.8, 4) is 5.75 Å². The van der Waals surface area contributed by atoms with Crippen LogP contribution in [0.15, 0.2) is 58.8 Å². The molecule has 7 heteroatoms. The maximum absolute atomic E-state index is 6.29. The van der Waals surface area contributed by atoms with E-state index in [4.69, 9.17) is 4.74 Å². The molecule has 4 aromatic rings. The van der Waals surface area contributed by atoms with Crippen LogP contribution in [-0.4, -0.2) is 21.1 Å². The Bertz CT molecular complexity index is 1170. The van der Waals surface area contributed by atoms with E-state index in [2.05, 4.69) is 54.4 Å². The zero-order valence-electron chi connectivity index (χ0n) is 14.2. The molecule has 0 radical (unpaired) electrons. The fourth-order valence-corrected chi connectivity index (χ4v) is 4.39. The maximum Gasteiger partial charge on any atom is 0.145 e. The van der Waals surface area contributed by atoms with Gasteiger partial charge in [-0.3, -0.25) is 0 Å². The van der Waals surface area contributed by atoms with Crippen LogP contribution in [0, 0.1) is 0 Å². The standard InChI is InChI=1S/C20H15BrN4OS/c21-12-7-16-19(17(8-12)26-14-3-1-2-4-14)20(23-10-22-16)25-13-5-6-15-18(9-13)27-11-24-15/h1-2,5-11,14H,3-4H2,(H,22,23,25). The molecular weight excluding hydrogens is 424 g/mol. The van der Waals surface area contributed by atoms with Gasteiger partial charge in [0, 0.05) is 23.0 Å². The highest BCUT2D eigenvalue weighted by atomic mass is 79.9. The van der Waals surface area contributed by atoms with Gasteiger partial charge >= 0.3 is 0 Å². The lowest BCUT2D eigenvalue weighted by Gasteiger charge is -2.17. The number of nitrogens with one attached hydrogen (secondary N) is 1. The third-order valence-electron chi connectivity index (χ3n) is 4.52. The summed E-state index contributed by atoms with van der Waals surface area (Å²) in [5, 5.41) is 4.32. The van der Waals surface area contributed by atoms with Gasteiger partial charge in [0.25, 0.3) is 0 Å². The topological polar surface area (TPSA) is 59.9 Å². The summed E-state index contributed by atoms with van der Waals surface area (Å²) in [6, 6.07) is 10.1. The molecule has 134 valence electrons. The van der Waals surface area contributed by atoms with Crippen molar-refractivity contribution in [2.75, 3.05) is 5.32 Å². The molecule has 1 N–H and O–H groups in total. The number of nitrogens with zero attached hydrogens (tertiary/aromatic N) is 3. The largest absolute Gasteiger partial charge is 0.489 e. The summed E-state index contributed by atoms with van der Waals surface area (Å²) in [5.41, 5.74) is 4.65. The molecule has 0 aliphatic heterocycles. The molecule has 0 amide bonds. The first-order valence-electron chi connectivity index (χ1n) is 8.62. The van der Waals surface area contributed by atoms with Gasteiger partial charge < -0.3 is 10.1 Å². The molecule has 1 aliphatic carbocycles. The van der Waals surface area contributed by atoms with Crippen molar-refractivity contribution in [1.29, 1.82) is 0 Å².